The summed E-state index contributed by atoms with van der Waals surface area (Å²) < 4.78 is 0. The highest BCUT2D eigenvalue weighted by molar-refractivity contribution is 7.17. The van der Waals surface area contributed by atoms with Gasteiger partial charge in [0.05, 0.1) is 6.10 Å². The first-order valence-corrected chi connectivity index (χ1v) is 6.03. The van der Waals surface area contributed by atoms with Crippen LogP contribution in [0.4, 0.5) is 5.13 Å². The lowest BCUT2D eigenvalue weighted by Gasteiger charge is -2.28. The minimum atomic E-state index is -0.319. The maximum Gasteiger partial charge on any atom is 0.284 e. The molecule has 1 saturated heterocycles. The third-order valence-corrected chi connectivity index (χ3v) is 3.38. The molecule has 0 radical (unpaired) electrons. The molecule has 1 aromatic rings. The fourth-order valence-electron chi connectivity index (χ4n) is 1.62. The van der Waals surface area contributed by atoms with E-state index in [0.29, 0.717) is 37.5 Å². The van der Waals surface area contributed by atoms with Gasteiger partial charge >= 0.3 is 0 Å². The Bertz CT molecular complexity index is 414. The van der Waals surface area contributed by atoms with Gasteiger partial charge in [0.1, 0.15) is 0 Å². The van der Waals surface area contributed by atoms with Crippen molar-refractivity contribution in [2.45, 2.75) is 18.9 Å². The fourth-order valence-corrected chi connectivity index (χ4v) is 2.29. The van der Waals surface area contributed by atoms with E-state index in [1.807, 2.05) is 0 Å². The van der Waals surface area contributed by atoms with Gasteiger partial charge in [-0.25, -0.2) is 0 Å². The molecule has 1 aromatic heterocycles. The molecule has 2 heterocycles. The molecule has 0 unspecified atom stereocenters. The molecule has 1 fully saturated rings. The molecule has 8 heteroatoms. The van der Waals surface area contributed by atoms with Crippen molar-refractivity contribution in [1.29, 1.82) is 0 Å². The van der Waals surface area contributed by atoms with Crippen LogP contribution in [0.3, 0.4) is 0 Å². The van der Waals surface area contributed by atoms with Gasteiger partial charge in [-0.1, -0.05) is 11.3 Å². The van der Waals surface area contributed by atoms with Crippen LogP contribution in [0.1, 0.15) is 22.6 Å². The minimum Gasteiger partial charge on any atom is -0.393 e. The summed E-state index contributed by atoms with van der Waals surface area (Å²) in [6.45, 7) is 1.05. The number of piperidine rings is 1. The van der Waals surface area contributed by atoms with E-state index in [1.165, 1.54) is 0 Å². The van der Waals surface area contributed by atoms with Gasteiger partial charge in [0.2, 0.25) is 16.5 Å². The lowest BCUT2D eigenvalue weighted by molar-refractivity contribution is -0.105. The topological polar surface area (TPSA) is 95.4 Å². The number of rotatable bonds is 3. The quantitative estimate of drug-likeness (QED) is 0.724. The van der Waals surface area contributed by atoms with Crippen molar-refractivity contribution in [3.63, 3.8) is 0 Å². The number of amides is 2. The van der Waals surface area contributed by atoms with Gasteiger partial charge in [0, 0.05) is 13.1 Å². The monoisotopic (exact) mass is 256 g/mol. The number of hydrogen-bond acceptors (Lipinski definition) is 6. The molecule has 0 atom stereocenters. The van der Waals surface area contributed by atoms with Crippen molar-refractivity contribution < 1.29 is 14.7 Å². The number of anilines is 1. The van der Waals surface area contributed by atoms with Gasteiger partial charge in [-0.05, 0) is 12.8 Å². The van der Waals surface area contributed by atoms with Crippen LogP contribution in [0, 0.1) is 0 Å². The van der Waals surface area contributed by atoms with E-state index in [-0.39, 0.29) is 17.0 Å². The first-order chi connectivity index (χ1) is 8.20. The number of carbonyl (C=O) groups is 2. The molecule has 92 valence electrons. The summed E-state index contributed by atoms with van der Waals surface area (Å²) >= 11 is 1.04. The molecule has 0 aromatic carbocycles. The zero-order valence-electron chi connectivity index (χ0n) is 9.00. The van der Waals surface area contributed by atoms with Crippen molar-refractivity contribution in [1.82, 2.24) is 15.1 Å². The highest BCUT2D eigenvalue weighted by atomic mass is 32.1. The first kappa shape index (κ1) is 11.9. The molecule has 17 heavy (non-hydrogen) atoms. The zero-order valence-corrected chi connectivity index (χ0v) is 9.81. The number of nitrogens with one attached hydrogen (secondary N) is 1. The van der Waals surface area contributed by atoms with Crippen LogP contribution in [0.15, 0.2) is 0 Å². The Morgan fingerprint density at radius 2 is 2.18 bits per heavy atom. The molecule has 0 spiro atoms. The Hall–Kier alpha value is -1.54. The van der Waals surface area contributed by atoms with Crippen molar-refractivity contribution in [2.24, 2.45) is 0 Å². The van der Waals surface area contributed by atoms with Crippen molar-refractivity contribution in [2.75, 3.05) is 18.4 Å². The van der Waals surface area contributed by atoms with Crippen molar-refractivity contribution in [3.05, 3.63) is 5.01 Å². The predicted molar refractivity (Wildman–Crippen MR) is 60.7 cm³/mol. The smallest absolute Gasteiger partial charge is 0.284 e. The summed E-state index contributed by atoms with van der Waals surface area (Å²) in [7, 11) is 0. The SMILES string of the molecule is O=CNc1nnc(C(=O)N2CCC(O)CC2)s1. The van der Waals surface area contributed by atoms with Gasteiger partial charge in [-0.3, -0.25) is 9.59 Å². The molecule has 0 bridgehead atoms. The first-order valence-electron chi connectivity index (χ1n) is 5.21. The van der Waals surface area contributed by atoms with Gasteiger partial charge in [-0.15, -0.1) is 10.2 Å². The molecule has 0 aliphatic carbocycles. The Kier molecular flexibility index (Phi) is 3.64. The van der Waals surface area contributed by atoms with Crippen LogP contribution < -0.4 is 5.32 Å². The van der Waals surface area contributed by atoms with Gasteiger partial charge in [-0.2, -0.15) is 0 Å². The van der Waals surface area contributed by atoms with E-state index in [1.54, 1.807) is 4.90 Å². The standard InChI is InChI=1S/C9H12N4O3S/c14-5-10-9-12-11-7(17-9)8(16)13-3-1-6(15)2-4-13/h5-6,15H,1-4H2,(H,10,12,14). The van der Waals surface area contributed by atoms with Crippen LogP contribution in [0.2, 0.25) is 0 Å². The Labute approximate surface area is 101 Å². The van der Waals surface area contributed by atoms with Crippen LogP contribution in [-0.2, 0) is 4.79 Å². The lowest BCUT2D eigenvalue weighted by atomic mass is 10.1. The van der Waals surface area contributed by atoms with Gasteiger partial charge < -0.3 is 15.3 Å². The molecule has 2 rings (SSSR count). The fraction of sp³-hybridized carbons (Fsp3) is 0.556. The second-order valence-corrected chi connectivity index (χ2v) is 4.68. The number of aliphatic hydroxyl groups is 1. The van der Waals surface area contributed by atoms with E-state index < -0.39 is 0 Å². The number of likely N-dealkylation sites (tertiary alicyclic amines) is 1. The van der Waals surface area contributed by atoms with Crippen molar-refractivity contribution >= 4 is 28.8 Å². The maximum absolute atomic E-state index is 12.0. The number of nitrogens with zero attached hydrogens (tertiary/aromatic N) is 3. The third-order valence-electron chi connectivity index (χ3n) is 2.54. The molecule has 2 amide bonds. The summed E-state index contributed by atoms with van der Waals surface area (Å²) in [4.78, 5) is 23.8. The largest absolute Gasteiger partial charge is 0.393 e. The second kappa shape index (κ2) is 5.19. The second-order valence-electron chi connectivity index (χ2n) is 3.70. The Balaban J connectivity index is 2.00. The number of aliphatic hydroxyl groups excluding tert-OH is 1. The molecule has 1 aliphatic heterocycles. The maximum atomic E-state index is 12.0. The summed E-state index contributed by atoms with van der Waals surface area (Å²) in [5.74, 6) is -0.201. The average Bonchev–Trinajstić information content (AvgIpc) is 2.78. The van der Waals surface area contributed by atoms with Crippen LogP contribution in [-0.4, -0.2) is 51.7 Å². The summed E-state index contributed by atoms with van der Waals surface area (Å²) in [6, 6.07) is 0. The number of aromatic nitrogens is 2. The molecule has 0 saturated carbocycles. The molecular formula is C9H12N4O3S. The molecule has 1 aliphatic rings. The highest BCUT2D eigenvalue weighted by Crippen LogP contribution is 2.18. The van der Waals surface area contributed by atoms with E-state index in [2.05, 4.69) is 15.5 Å². The molecular weight excluding hydrogens is 244 g/mol. The van der Waals surface area contributed by atoms with Crippen molar-refractivity contribution in [3.8, 4) is 0 Å². The van der Waals surface area contributed by atoms with Crippen LogP contribution in [0.5, 0.6) is 0 Å². The van der Waals surface area contributed by atoms with E-state index in [0.717, 1.165) is 11.3 Å². The van der Waals surface area contributed by atoms with E-state index in [4.69, 9.17) is 0 Å². The average molecular weight is 256 g/mol. The molecule has 7 nitrogen and oxygen atoms in total. The summed E-state index contributed by atoms with van der Waals surface area (Å²) in [5.41, 5.74) is 0. The van der Waals surface area contributed by atoms with Gasteiger partial charge in [0.25, 0.3) is 5.91 Å². The highest BCUT2D eigenvalue weighted by Gasteiger charge is 2.24. The third kappa shape index (κ3) is 2.77. The summed E-state index contributed by atoms with van der Waals surface area (Å²) in [6.07, 6.45) is 1.35. The normalized spacial score (nSPS) is 16.9. The minimum absolute atomic E-state index is 0.201. The van der Waals surface area contributed by atoms with Gasteiger partial charge in [0.15, 0.2) is 0 Å². The van der Waals surface area contributed by atoms with E-state index in [9.17, 15) is 14.7 Å². The number of hydrogen-bond donors (Lipinski definition) is 2. The molecule has 2 N–H and O–H groups in total. The van der Waals surface area contributed by atoms with Crippen LogP contribution >= 0.6 is 11.3 Å². The number of carbonyl (C=O) groups excluding carboxylic acids is 2. The lowest BCUT2D eigenvalue weighted by Crippen LogP contribution is -2.40. The zero-order chi connectivity index (χ0) is 12.3. The Morgan fingerprint density at radius 1 is 1.47 bits per heavy atom. The summed E-state index contributed by atoms with van der Waals surface area (Å²) in [5, 5.41) is 19.6. The van der Waals surface area contributed by atoms with E-state index >= 15 is 0 Å². The Morgan fingerprint density at radius 3 is 2.82 bits per heavy atom. The van der Waals surface area contributed by atoms with Crippen LogP contribution in [0.25, 0.3) is 0 Å². The predicted octanol–water partition coefficient (Wildman–Crippen LogP) is -0.297.